The van der Waals surface area contributed by atoms with Crippen molar-refractivity contribution in [2.75, 3.05) is 19.6 Å². The Balaban J connectivity index is 3.53. The van der Waals surface area contributed by atoms with Gasteiger partial charge in [0.15, 0.2) is 0 Å². The first-order valence-electron chi connectivity index (χ1n) is 5.07. The zero-order valence-electron chi connectivity index (χ0n) is 9.05. The predicted octanol–water partition coefficient (Wildman–Crippen LogP) is 2.03. The molecule has 78 valence electrons. The van der Waals surface area contributed by atoms with Gasteiger partial charge in [0.05, 0.1) is 4.99 Å². The van der Waals surface area contributed by atoms with Crippen LogP contribution < -0.4 is 5.73 Å². The number of nitrogens with two attached hydrogens (primary N) is 1. The lowest BCUT2D eigenvalue weighted by Crippen LogP contribution is -2.33. The largest absolute Gasteiger partial charge is 0.392 e. The summed E-state index contributed by atoms with van der Waals surface area (Å²) >= 11 is 4.88. The summed E-state index contributed by atoms with van der Waals surface area (Å²) in [5, 5.41) is 0. The van der Waals surface area contributed by atoms with Crippen molar-refractivity contribution in [3.8, 4) is 0 Å². The van der Waals surface area contributed by atoms with Crippen molar-refractivity contribution < 1.29 is 0 Å². The van der Waals surface area contributed by atoms with Crippen molar-refractivity contribution in [1.29, 1.82) is 0 Å². The Morgan fingerprint density at radius 3 is 2.46 bits per heavy atom. The van der Waals surface area contributed by atoms with Gasteiger partial charge in [0.25, 0.3) is 0 Å². The van der Waals surface area contributed by atoms with Gasteiger partial charge >= 0.3 is 0 Å². The molecule has 0 rings (SSSR count). The Labute approximate surface area is 87.5 Å². The highest BCUT2D eigenvalue weighted by atomic mass is 32.1. The van der Waals surface area contributed by atoms with Crippen LogP contribution in [-0.2, 0) is 0 Å². The number of thiocarbonyl (C=S) groups is 1. The van der Waals surface area contributed by atoms with Crippen LogP contribution in [0, 0.1) is 5.92 Å². The second kappa shape index (κ2) is 7.27. The number of rotatable bonds is 7. The third-order valence-corrected chi connectivity index (χ3v) is 2.21. The lowest BCUT2D eigenvalue weighted by Gasteiger charge is -2.19. The molecule has 0 aliphatic heterocycles. The van der Waals surface area contributed by atoms with E-state index in [1.807, 2.05) is 0 Å². The molecule has 0 aromatic rings. The van der Waals surface area contributed by atoms with Crippen LogP contribution in [0.5, 0.6) is 0 Å². The summed E-state index contributed by atoms with van der Waals surface area (Å²) < 4.78 is 0. The molecule has 0 saturated carbocycles. The van der Waals surface area contributed by atoms with Crippen molar-refractivity contribution in [3.05, 3.63) is 0 Å². The van der Waals surface area contributed by atoms with E-state index in [0.29, 0.717) is 4.99 Å². The molecular formula is C10H22N2S. The third kappa shape index (κ3) is 8.19. The molecule has 0 aliphatic rings. The molecule has 0 bridgehead atoms. The molecule has 2 nitrogen and oxygen atoms in total. The Hall–Kier alpha value is -0.150. The topological polar surface area (TPSA) is 29.3 Å². The van der Waals surface area contributed by atoms with Crippen LogP contribution in [0.3, 0.4) is 0 Å². The van der Waals surface area contributed by atoms with Crippen LogP contribution in [-0.4, -0.2) is 29.5 Å². The van der Waals surface area contributed by atoms with Crippen LogP contribution in [0.15, 0.2) is 0 Å². The first-order valence-corrected chi connectivity index (χ1v) is 5.47. The predicted molar refractivity (Wildman–Crippen MR) is 63.0 cm³/mol. The molecule has 0 atom stereocenters. The lowest BCUT2D eigenvalue weighted by atomic mass is 10.1. The summed E-state index contributed by atoms with van der Waals surface area (Å²) in [5.74, 6) is 0.795. The SMILES string of the molecule is CCN(CCCC(C)C)CC(N)=S. The first-order chi connectivity index (χ1) is 6.06. The van der Waals surface area contributed by atoms with Gasteiger partial charge in [-0.25, -0.2) is 0 Å². The Morgan fingerprint density at radius 2 is 2.08 bits per heavy atom. The van der Waals surface area contributed by atoms with Gasteiger partial charge in [0, 0.05) is 6.54 Å². The van der Waals surface area contributed by atoms with E-state index in [2.05, 4.69) is 25.7 Å². The van der Waals surface area contributed by atoms with Gasteiger partial charge in [0.2, 0.25) is 0 Å². The molecule has 0 aromatic carbocycles. The Morgan fingerprint density at radius 1 is 1.46 bits per heavy atom. The monoisotopic (exact) mass is 202 g/mol. The fraction of sp³-hybridized carbons (Fsp3) is 0.900. The first kappa shape index (κ1) is 12.8. The fourth-order valence-electron chi connectivity index (χ4n) is 1.29. The maximum absolute atomic E-state index is 5.49. The normalized spacial score (nSPS) is 11.2. The molecule has 0 saturated heterocycles. The number of hydrogen-bond donors (Lipinski definition) is 1. The summed E-state index contributed by atoms with van der Waals surface area (Å²) in [6, 6.07) is 0. The smallest absolute Gasteiger partial charge is 0.0870 e. The molecule has 0 aliphatic carbocycles. The minimum Gasteiger partial charge on any atom is -0.392 e. The lowest BCUT2D eigenvalue weighted by molar-refractivity contribution is 0.312. The van der Waals surface area contributed by atoms with Crippen LogP contribution in [0.25, 0.3) is 0 Å². The van der Waals surface area contributed by atoms with Crippen LogP contribution in [0.4, 0.5) is 0 Å². The fourth-order valence-corrected chi connectivity index (χ4v) is 1.48. The van der Waals surface area contributed by atoms with Crippen molar-refractivity contribution in [2.24, 2.45) is 11.7 Å². The highest BCUT2D eigenvalue weighted by molar-refractivity contribution is 7.80. The summed E-state index contributed by atoms with van der Waals surface area (Å²) in [4.78, 5) is 2.90. The molecule has 0 fully saturated rings. The highest BCUT2D eigenvalue weighted by Gasteiger charge is 2.03. The van der Waals surface area contributed by atoms with Gasteiger partial charge in [0.1, 0.15) is 0 Å². The number of hydrogen-bond acceptors (Lipinski definition) is 2. The van der Waals surface area contributed by atoms with E-state index in [1.54, 1.807) is 0 Å². The minimum atomic E-state index is 0.603. The molecule has 0 unspecified atom stereocenters. The van der Waals surface area contributed by atoms with E-state index in [0.717, 1.165) is 25.6 Å². The van der Waals surface area contributed by atoms with Crippen molar-refractivity contribution in [2.45, 2.75) is 33.6 Å². The van der Waals surface area contributed by atoms with Gasteiger partial charge in [-0.05, 0) is 31.8 Å². The zero-order valence-corrected chi connectivity index (χ0v) is 9.86. The minimum absolute atomic E-state index is 0.603. The molecule has 0 heterocycles. The van der Waals surface area contributed by atoms with E-state index in [4.69, 9.17) is 18.0 Å². The molecule has 2 N–H and O–H groups in total. The number of nitrogens with zero attached hydrogens (tertiary/aromatic N) is 1. The highest BCUT2D eigenvalue weighted by Crippen LogP contribution is 2.04. The Kier molecular flexibility index (Phi) is 7.19. The van der Waals surface area contributed by atoms with Crippen LogP contribution in [0.1, 0.15) is 33.6 Å². The van der Waals surface area contributed by atoms with Crippen LogP contribution in [0.2, 0.25) is 0 Å². The maximum Gasteiger partial charge on any atom is 0.0870 e. The van der Waals surface area contributed by atoms with Gasteiger partial charge in [-0.15, -0.1) is 0 Å². The second-order valence-electron chi connectivity index (χ2n) is 3.87. The maximum atomic E-state index is 5.49. The van der Waals surface area contributed by atoms with Gasteiger partial charge < -0.3 is 5.73 Å². The van der Waals surface area contributed by atoms with E-state index in [1.165, 1.54) is 12.8 Å². The summed E-state index contributed by atoms with van der Waals surface area (Å²) in [5.41, 5.74) is 5.49. The molecular weight excluding hydrogens is 180 g/mol. The van der Waals surface area contributed by atoms with Crippen molar-refractivity contribution in [1.82, 2.24) is 4.90 Å². The van der Waals surface area contributed by atoms with E-state index in [-0.39, 0.29) is 0 Å². The Bertz CT molecular complexity index is 146. The molecule has 3 heteroatoms. The quantitative estimate of drug-likeness (QED) is 0.641. The van der Waals surface area contributed by atoms with E-state index in [9.17, 15) is 0 Å². The molecule has 0 amide bonds. The molecule has 0 spiro atoms. The summed E-state index contributed by atoms with van der Waals surface area (Å²) in [7, 11) is 0. The van der Waals surface area contributed by atoms with Gasteiger partial charge in [-0.2, -0.15) is 0 Å². The van der Waals surface area contributed by atoms with Gasteiger partial charge in [-0.1, -0.05) is 33.0 Å². The van der Waals surface area contributed by atoms with E-state index < -0.39 is 0 Å². The molecule has 0 radical (unpaired) electrons. The summed E-state index contributed by atoms with van der Waals surface area (Å²) in [6.07, 6.45) is 2.53. The molecule has 13 heavy (non-hydrogen) atoms. The van der Waals surface area contributed by atoms with Crippen molar-refractivity contribution >= 4 is 17.2 Å². The summed E-state index contributed by atoms with van der Waals surface area (Å²) in [6.45, 7) is 9.58. The number of likely N-dealkylation sites (N-methyl/N-ethyl adjacent to an activating group) is 1. The second-order valence-corrected chi connectivity index (χ2v) is 4.40. The average molecular weight is 202 g/mol. The van der Waals surface area contributed by atoms with Crippen LogP contribution >= 0.6 is 12.2 Å². The van der Waals surface area contributed by atoms with Gasteiger partial charge in [-0.3, -0.25) is 4.90 Å². The average Bonchev–Trinajstić information content (AvgIpc) is 2.01. The zero-order chi connectivity index (χ0) is 10.3. The third-order valence-electron chi connectivity index (χ3n) is 2.08. The van der Waals surface area contributed by atoms with Crippen molar-refractivity contribution in [3.63, 3.8) is 0 Å². The molecule has 0 aromatic heterocycles. The standard InChI is InChI=1S/C10H22N2S/c1-4-12(8-10(11)13)7-5-6-9(2)3/h9H,4-8H2,1-3H3,(H2,11,13). The van der Waals surface area contributed by atoms with E-state index >= 15 is 0 Å².